The van der Waals surface area contributed by atoms with E-state index in [0.29, 0.717) is 0 Å². The van der Waals surface area contributed by atoms with Gasteiger partial charge in [0, 0.05) is 19.8 Å². The molecule has 2 heterocycles. The van der Waals surface area contributed by atoms with Crippen molar-refractivity contribution in [3.63, 3.8) is 0 Å². The minimum Gasteiger partial charge on any atom is -0.373 e. The Kier molecular flexibility index (Phi) is 3.74. The molecule has 1 saturated heterocycles. The topological polar surface area (TPSA) is 28.2 Å². The first-order valence-electron chi connectivity index (χ1n) is 7.65. The zero-order chi connectivity index (χ0) is 13.1. The second kappa shape index (κ2) is 5.49. The van der Waals surface area contributed by atoms with Gasteiger partial charge in [-0.25, -0.2) is 4.98 Å². The first kappa shape index (κ1) is 12.9. The smallest absolute Gasteiger partial charge is 0.125 e. The second-order valence-corrected chi connectivity index (χ2v) is 6.28. The van der Waals surface area contributed by atoms with Gasteiger partial charge in [-0.3, -0.25) is 4.90 Å². The molecule has 0 radical (unpaired) electrons. The number of pyridine rings is 1. The fourth-order valence-electron chi connectivity index (χ4n) is 3.78. The van der Waals surface area contributed by atoms with Crippen LogP contribution in [0.5, 0.6) is 0 Å². The number of hydrogen-bond donors (Lipinski definition) is 1. The number of rotatable bonds is 3. The van der Waals surface area contributed by atoms with Crippen LogP contribution in [0.1, 0.15) is 44.1 Å². The average molecular weight is 259 g/mol. The summed E-state index contributed by atoms with van der Waals surface area (Å²) in [7, 11) is 1.93. The number of anilines is 1. The molecule has 0 unspecified atom stereocenters. The number of hydrogen-bond acceptors (Lipinski definition) is 3. The monoisotopic (exact) mass is 259 g/mol. The van der Waals surface area contributed by atoms with Gasteiger partial charge < -0.3 is 5.32 Å². The molecule has 1 aliphatic carbocycles. The number of piperidine rings is 1. The quantitative estimate of drug-likeness (QED) is 0.903. The summed E-state index contributed by atoms with van der Waals surface area (Å²) < 4.78 is 0. The van der Waals surface area contributed by atoms with E-state index in [1.54, 1.807) is 0 Å². The van der Waals surface area contributed by atoms with Gasteiger partial charge in [-0.1, -0.05) is 12.8 Å². The Hall–Kier alpha value is -1.09. The largest absolute Gasteiger partial charge is 0.373 e. The van der Waals surface area contributed by atoms with Crippen molar-refractivity contribution in [3.8, 4) is 0 Å². The molecule has 0 aromatic carbocycles. The number of nitrogens with zero attached hydrogens (tertiary/aromatic N) is 2. The normalized spacial score (nSPS) is 22.8. The molecule has 3 rings (SSSR count). The molecule has 1 saturated carbocycles. The highest BCUT2D eigenvalue weighted by molar-refractivity contribution is 5.36. The van der Waals surface area contributed by atoms with E-state index in [9.17, 15) is 0 Å². The molecule has 1 spiro atoms. The van der Waals surface area contributed by atoms with Gasteiger partial charge in [0.2, 0.25) is 0 Å². The third-order valence-corrected chi connectivity index (χ3v) is 5.07. The van der Waals surface area contributed by atoms with E-state index in [2.05, 4.69) is 27.3 Å². The Morgan fingerprint density at radius 1 is 1.21 bits per heavy atom. The Labute approximate surface area is 116 Å². The van der Waals surface area contributed by atoms with Gasteiger partial charge in [0.05, 0.1) is 0 Å². The van der Waals surface area contributed by atoms with Crippen LogP contribution < -0.4 is 5.32 Å². The molecule has 0 atom stereocenters. The summed E-state index contributed by atoms with van der Waals surface area (Å²) in [5, 5.41) is 3.11. The van der Waals surface area contributed by atoms with Gasteiger partial charge in [0.1, 0.15) is 5.82 Å². The maximum Gasteiger partial charge on any atom is 0.125 e. The molecule has 0 bridgehead atoms. The van der Waals surface area contributed by atoms with Crippen molar-refractivity contribution in [1.82, 2.24) is 9.88 Å². The van der Waals surface area contributed by atoms with Crippen LogP contribution in [-0.4, -0.2) is 30.0 Å². The molecule has 19 heavy (non-hydrogen) atoms. The first-order chi connectivity index (χ1) is 9.30. The van der Waals surface area contributed by atoms with Gasteiger partial charge in [-0.05, 0) is 61.9 Å². The number of likely N-dealkylation sites (tertiary alicyclic amines) is 1. The van der Waals surface area contributed by atoms with Crippen molar-refractivity contribution in [2.24, 2.45) is 5.41 Å². The molecule has 1 N–H and O–H groups in total. The Bertz CT molecular complexity index is 414. The molecule has 3 nitrogen and oxygen atoms in total. The summed E-state index contributed by atoms with van der Waals surface area (Å²) in [6, 6.07) is 4.31. The SMILES string of the molecule is CNc1cc(CN2CCC3(CCCC3)CC2)ccn1. The zero-order valence-electron chi connectivity index (χ0n) is 12.0. The summed E-state index contributed by atoms with van der Waals surface area (Å²) in [5.74, 6) is 0.974. The van der Waals surface area contributed by atoms with E-state index in [0.717, 1.165) is 17.8 Å². The molecule has 1 aliphatic heterocycles. The Morgan fingerprint density at radius 3 is 2.63 bits per heavy atom. The van der Waals surface area contributed by atoms with Crippen molar-refractivity contribution in [1.29, 1.82) is 0 Å². The summed E-state index contributed by atoms with van der Waals surface area (Å²) in [6.07, 6.45) is 10.6. The number of nitrogens with one attached hydrogen (secondary N) is 1. The van der Waals surface area contributed by atoms with Crippen LogP contribution in [0.2, 0.25) is 0 Å². The van der Waals surface area contributed by atoms with E-state index in [4.69, 9.17) is 0 Å². The third kappa shape index (κ3) is 2.92. The average Bonchev–Trinajstić information content (AvgIpc) is 2.90. The third-order valence-electron chi connectivity index (χ3n) is 5.07. The Morgan fingerprint density at radius 2 is 1.95 bits per heavy atom. The lowest BCUT2D eigenvalue weighted by atomic mass is 9.77. The molecular formula is C16H25N3. The first-order valence-corrected chi connectivity index (χ1v) is 7.65. The fraction of sp³-hybridized carbons (Fsp3) is 0.688. The molecule has 2 aliphatic rings. The van der Waals surface area contributed by atoms with Crippen LogP contribution >= 0.6 is 0 Å². The summed E-state index contributed by atoms with van der Waals surface area (Å²) >= 11 is 0. The van der Waals surface area contributed by atoms with Crippen molar-refractivity contribution in [2.75, 3.05) is 25.5 Å². The van der Waals surface area contributed by atoms with Crippen LogP contribution in [-0.2, 0) is 6.54 Å². The van der Waals surface area contributed by atoms with Gasteiger partial charge in [0.15, 0.2) is 0 Å². The van der Waals surface area contributed by atoms with E-state index in [1.165, 1.54) is 57.2 Å². The molecule has 2 fully saturated rings. The minimum atomic E-state index is 0.727. The van der Waals surface area contributed by atoms with Crippen LogP contribution in [0.15, 0.2) is 18.3 Å². The van der Waals surface area contributed by atoms with E-state index in [-0.39, 0.29) is 0 Å². The minimum absolute atomic E-state index is 0.727. The number of aromatic nitrogens is 1. The Balaban J connectivity index is 1.56. The zero-order valence-corrected chi connectivity index (χ0v) is 12.0. The molecule has 3 heteroatoms. The molecule has 1 aromatic heterocycles. The summed E-state index contributed by atoms with van der Waals surface area (Å²) in [5.41, 5.74) is 2.10. The highest BCUT2D eigenvalue weighted by Crippen LogP contribution is 2.46. The highest BCUT2D eigenvalue weighted by Gasteiger charge is 2.36. The lowest BCUT2D eigenvalue weighted by Crippen LogP contribution is -2.38. The van der Waals surface area contributed by atoms with E-state index < -0.39 is 0 Å². The van der Waals surface area contributed by atoms with Crippen LogP contribution in [0, 0.1) is 5.41 Å². The predicted octanol–water partition coefficient (Wildman–Crippen LogP) is 3.28. The lowest BCUT2D eigenvalue weighted by Gasteiger charge is -2.39. The fourth-order valence-corrected chi connectivity index (χ4v) is 3.78. The molecule has 104 valence electrons. The maximum atomic E-state index is 4.28. The van der Waals surface area contributed by atoms with Gasteiger partial charge in [-0.15, -0.1) is 0 Å². The molecule has 0 amide bonds. The summed E-state index contributed by atoms with van der Waals surface area (Å²) in [6.45, 7) is 3.63. The van der Waals surface area contributed by atoms with Gasteiger partial charge in [-0.2, -0.15) is 0 Å². The standard InChI is InChI=1S/C16H25N3/c1-17-15-12-14(4-9-18-15)13-19-10-7-16(8-11-19)5-2-3-6-16/h4,9,12H,2-3,5-8,10-11,13H2,1H3,(H,17,18). The van der Waals surface area contributed by atoms with Crippen molar-refractivity contribution >= 4 is 5.82 Å². The lowest BCUT2D eigenvalue weighted by molar-refractivity contribution is 0.103. The van der Waals surface area contributed by atoms with E-state index >= 15 is 0 Å². The highest BCUT2D eigenvalue weighted by atomic mass is 15.1. The van der Waals surface area contributed by atoms with Crippen molar-refractivity contribution in [3.05, 3.63) is 23.9 Å². The van der Waals surface area contributed by atoms with Crippen molar-refractivity contribution < 1.29 is 0 Å². The maximum absolute atomic E-state index is 4.28. The van der Waals surface area contributed by atoms with Gasteiger partial charge >= 0.3 is 0 Å². The van der Waals surface area contributed by atoms with Crippen LogP contribution in [0.25, 0.3) is 0 Å². The second-order valence-electron chi connectivity index (χ2n) is 6.28. The van der Waals surface area contributed by atoms with Gasteiger partial charge in [0.25, 0.3) is 0 Å². The van der Waals surface area contributed by atoms with E-state index in [1.807, 2.05) is 13.2 Å². The molecule has 1 aromatic rings. The molecular weight excluding hydrogens is 234 g/mol. The van der Waals surface area contributed by atoms with Crippen molar-refractivity contribution in [2.45, 2.75) is 45.1 Å². The van der Waals surface area contributed by atoms with Crippen LogP contribution in [0.3, 0.4) is 0 Å². The van der Waals surface area contributed by atoms with Crippen LogP contribution in [0.4, 0.5) is 5.82 Å². The predicted molar refractivity (Wildman–Crippen MR) is 79.2 cm³/mol. The summed E-state index contributed by atoms with van der Waals surface area (Å²) in [4.78, 5) is 6.89.